The Labute approximate surface area is 183 Å². The predicted molar refractivity (Wildman–Crippen MR) is 113 cm³/mol. The van der Waals surface area contributed by atoms with Gasteiger partial charge >= 0.3 is 12.1 Å². The zero-order valence-electron chi connectivity index (χ0n) is 17.6. The van der Waals surface area contributed by atoms with Crippen molar-refractivity contribution in [1.82, 2.24) is 9.97 Å². The van der Waals surface area contributed by atoms with Crippen LogP contribution < -0.4 is 10.1 Å². The number of aromatic nitrogens is 2. The highest BCUT2D eigenvalue weighted by atomic mass is 19.4. The van der Waals surface area contributed by atoms with Gasteiger partial charge in [0.1, 0.15) is 17.1 Å². The number of nitrogens with zero attached hydrogens (tertiary/aromatic N) is 2. The maximum absolute atomic E-state index is 12.8. The number of alkyl halides is 3. The third-order valence-electron chi connectivity index (χ3n) is 4.47. The number of hydrogen-bond acceptors (Lipinski definition) is 6. The third kappa shape index (κ3) is 5.54. The normalized spacial score (nSPS) is 11.2. The van der Waals surface area contributed by atoms with E-state index in [1.807, 2.05) is 31.2 Å². The van der Waals surface area contributed by atoms with Crippen molar-refractivity contribution >= 4 is 11.8 Å². The van der Waals surface area contributed by atoms with Crippen molar-refractivity contribution in [2.45, 2.75) is 26.6 Å². The molecule has 0 aliphatic carbocycles. The Morgan fingerprint density at radius 3 is 2.41 bits per heavy atom. The molecule has 0 saturated carbocycles. The van der Waals surface area contributed by atoms with Crippen molar-refractivity contribution in [3.8, 4) is 17.1 Å². The van der Waals surface area contributed by atoms with Crippen molar-refractivity contribution in [1.29, 1.82) is 0 Å². The van der Waals surface area contributed by atoms with Gasteiger partial charge in [-0.3, -0.25) is 0 Å². The molecule has 0 aliphatic heterocycles. The largest absolute Gasteiger partial charge is 0.494 e. The molecule has 9 heteroatoms. The molecule has 2 aromatic carbocycles. The summed E-state index contributed by atoms with van der Waals surface area (Å²) >= 11 is 0. The van der Waals surface area contributed by atoms with E-state index in [0.717, 1.165) is 17.7 Å². The summed E-state index contributed by atoms with van der Waals surface area (Å²) in [6.45, 7) is 4.53. The average Bonchev–Trinajstić information content (AvgIpc) is 2.78. The van der Waals surface area contributed by atoms with Crippen LogP contribution in [0.5, 0.6) is 5.75 Å². The van der Waals surface area contributed by atoms with Crippen molar-refractivity contribution in [2.24, 2.45) is 0 Å². The van der Waals surface area contributed by atoms with E-state index >= 15 is 0 Å². The van der Waals surface area contributed by atoms with Crippen molar-refractivity contribution in [3.63, 3.8) is 0 Å². The van der Waals surface area contributed by atoms with Crippen LogP contribution in [-0.2, 0) is 17.5 Å². The molecule has 3 rings (SSSR count). The predicted octanol–water partition coefficient (Wildman–Crippen LogP) is 5.35. The minimum atomic E-state index is -4.44. The SMILES string of the molecule is CCOC(=O)c1cnc(-c2ccc(C(F)(F)F)cc2)nc1NCc1ccccc1OCC. The lowest BCUT2D eigenvalue weighted by Gasteiger charge is -2.14. The number of halogens is 3. The summed E-state index contributed by atoms with van der Waals surface area (Å²) < 4.78 is 49.2. The summed E-state index contributed by atoms with van der Waals surface area (Å²) in [5, 5.41) is 3.10. The first kappa shape index (κ1) is 23.1. The number of nitrogens with one attached hydrogen (secondary N) is 1. The standard InChI is InChI=1S/C23H22F3N3O3/c1-3-31-19-8-6-5-7-16(19)13-27-21-18(22(30)32-4-2)14-28-20(29-21)15-9-11-17(12-10-15)23(24,25)26/h5-12,14H,3-4,13H2,1-2H3,(H,27,28,29). The number of benzene rings is 2. The second kappa shape index (κ2) is 10.1. The summed E-state index contributed by atoms with van der Waals surface area (Å²) in [6, 6.07) is 11.9. The van der Waals surface area contributed by atoms with Gasteiger partial charge in [-0.1, -0.05) is 30.3 Å². The smallest absolute Gasteiger partial charge is 0.416 e. The first-order valence-corrected chi connectivity index (χ1v) is 9.99. The average molecular weight is 445 g/mol. The van der Waals surface area contributed by atoms with E-state index in [0.29, 0.717) is 24.5 Å². The Bertz CT molecular complexity index is 1070. The van der Waals surface area contributed by atoms with Gasteiger partial charge in [-0.2, -0.15) is 13.2 Å². The number of carbonyl (C=O) groups excluding carboxylic acids is 1. The second-order valence-electron chi connectivity index (χ2n) is 6.65. The van der Waals surface area contributed by atoms with Crippen LogP contribution in [0.4, 0.5) is 19.0 Å². The molecule has 0 aliphatic rings. The molecule has 1 heterocycles. The van der Waals surface area contributed by atoms with Crippen LogP contribution in [0.1, 0.15) is 35.3 Å². The molecular weight excluding hydrogens is 423 g/mol. The van der Waals surface area contributed by atoms with Gasteiger partial charge in [-0.15, -0.1) is 0 Å². The minimum absolute atomic E-state index is 0.122. The van der Waals surface area contributed by atoms with Crippen LogP contribution in [0.3, 0.4) is 0 Å². The summed E-state index contributed by atoms with van der Waals surface area (Å²) in [5.41, 5.74) is 0.580. The van der Waals surface area contributed by atoms with Gasteiger partial charge in [0.2, 0.25) is 0 Å². The van der Waals surface area contributed by atoms with Crippen molar-refractivity contribution < 1.29 is 27.4 Å². The topological polar surface area (TPSA) is 73.3 Å². The van der Waals surface area contributed by atoms with Crippen LogP contribution in [0.2, 0.25) is 0 Å². The monoisotopic (exact) mass is 445 g/mol. The molecule has 0 atom stereocenters. The van der Waals surface area contributed by atoms with Crippen LogP contribution in [-0.4, -0.2) is 29.2 Å². The highest BCUT2D eigenvalue weighted by Gasteiger charge is 2.30. The Morgan fingerprint density at radius 2 is 1.75 bits per heavy atom. The number of carbonyl (C=O) groups is 1. The maximum atomic E-state index is 12.8. The fourth-order valence-electron chi connectivity index (χ4n) is 2.95. The fraction of sp³-hybridized carbons (Fsp3) is 0.261. The molecule has 168 valence electrons. The number of ether oxygens (including phenoxy) is 2. The number of para-hydroxylation sites is 1. The third-order valence-corrected chi connectivity index (χ3v) is 4.47. The van der Waals surface area contributed by atoms with Gasteiger partial charge in [0, 0.05) is 23.9 Å². The molecule has 0 amide bonds. The van der Waals surface area contributed by atoms with Gasteiger partial charge in [-0.05, 0) is 32.0 Å². The Kier molecular flexibility index (Phi) is 7.29. The van der Waals surface area contributed by atoms with E-state index < -0.39 is 17.7 Å². The molecular formula is C23H22F3N3O3. The van der Waals surface area contributed by atoms with E-state index in [4.69, 9.17) is 9.47 Å². The second-order valence-corrected chi connectivity index (χ2v) is 6.65. The van der Waals surface area contributed by atoms with E-state index in [1.54, 1.807) is 6.92 Å². The lowest BCUT2D eigenvalue weighted by molar-refractivity contribution is -0.137. The van der Waals surface area contributed by atoms with E-state index in [9.17, 15) is 18.0 Å². The van der Waals surface area contributed by atoms with Crippen LogP contribution in [0, 0.1) is 0 Å². The van der Waals surface area contributed by atoms with Gasteiger partial charge in [-0.25, -0.2) is 14.8 Å². The summed E-state index contributed by atoms with van der Waals surface area (Å²) in [5.74, 6) is 0.469. The van der Waals surface area contributed by atoms with E-state index in [-0.39, 0.29) is 23.8 Å². The highest BCUT2D eigenvalue weighted by molar-refractivity contribution is 5.94. The van der Waals surface area contributed by atoms with Crippen LogP contribution in [0.25, 0.3) is 11.4 Å². The Morgan fingerprint density at radius 1 is 1.03 bits per heavy atom. The lowest BCUT2D eigenvalue weighted by Crippen LogP contribution is -2.13. The molecule has 0 saturated heterocycles. The van der Waals surface area contributed by atoms with Crippen molar-refractivity contribution in [2.75, 3.05) is 18.5 Å². The zero-order chi connectivity index (χ0) is 23.1. The molecule has 32 heavy (non-hydrogen) atoms. The molecule has 0 unspecified atom stereocenters. The van der Waals surface area contributed by atoms with Gasteiger partial charge in [0.15, 0.2) is 5.82 Å². The number of esters is 1. The molecule has 6 nitrogen and oxygen atoms in total. The molecule has 0 bridgehead atoms. The van der Waals surface area contributed by atoms with Crippen LogP contribution in [0.15, 0.2) is 54.7 Å². The summed E-state index contributed by atoms with van der Waals surface area (Å²) in [6.07, 6.45) is -3.14. The first-order chi connectivity index (χ1) is 15.3. The van der Waals surface area contributed by atoms with E-state index in [2.05, 4.69) is 15.3 Å². The van der Waals surface area contributed by atoms with Crippen molar-refractivity contribution in [3.05, 3.63) is 71.4 Å². The van der Waals surface area contributed by atoms with Gasteiger partial charge in [0.25, 0.3) is 0 Å². The fourth-order valence-corrected chi connectivity index (χ4v) is 2.95. The molecule has 0 radical (unpaired) electrons. The molecule has 0 spiro atoms. The first-order valence-electron chi connectivity index (χ1n) is 9.99. The van der Waals surface area contributed by atoms with Gasteiger partial charge in [0.05, 0.1) is 18.8 Å². The molecule has 0 fully saturated rings. The summed E-state index contributed by atoms with van der Waals surface area (Å²) in [7, 11) is 0. The molecule has 3 aromatic rings. The number of rotatable bonds is 8. The molecule has 1 aromatic heterocycles. The molecule has 1 N–H and O–H groups in total. The highest BCUT2D eigenvalue weighted by Crippen LogP contribution is 2.31. The van der Waals surface area contributed by atoms with Gasteiger partial charge < -0.3 is 14.8 Å². The number of anilines is 1. The zero-order valence-corrected chi connectivity index (χ0v) is 17.6. The summed E-state index contributed by atoms with van der Waals surface area (Å²) in [4.78, 5) is 20.9. The van der Waals surface area contributed by atoms with E-state index in [1.165, 1.54) is 18.3 Å². The maximum Gasteiger partial charge on any atom is 0.416 e. The minimum Gasteiger partial charge on any atom is -0.494 e. The van der Waals surface area contributed by atoms with Crippen LogP contribution >= 0.6 is 0 Å². The number of hydrogen-bond donors (Lipinski definition) is 1. The lowest BCUT2D eigenvalue weighted by atomic mass is 10.1. The quantitative estimate of drug-likeness (QED) is 0.471. The Balaban J connectivity index is 1.92. The Hall–Kier alpha value is -3.62.